The van der Waals surface area contributed by atoms with Gasteiger partial charge in [-0.1, -0.05) is 12.1 Å². The summed E-state index contributed by atoms with van der Waals surface area (Å²) >= 11 is 1.47. The van der Waals surface area contributed by atoms with E-state index in [0.29, 0.717) is 11.5 Å². The molecule has 1 atom stereocenters. The predicted octanol–water partition coefficient (Wildman–Crippen LogP) is 2.74. The van der Waals surface area contributed by atoms with Crippen molar-refractivity contribution in [1.82, 2.24) is 0 Å². The second kappa shape index (κ2) is 6.71. The highest BCUT2D eigenvalue weighted by Gasteiger charge is 2.09. The van der Waals surface area contributed by atoms with Crippen LogP contribution in [-0.4, -0.2) is 30.9 Å². The zero-order valence-corrected chi connectivity index (χ0v) is 12.0. The van der Waals surface area contributed by atoms with Crippen LogP contribution in [0.5, 0.6) is 11.5 Å². The summed E-state index contributed by atoms with van der Waals surface area (Å²) in [5, 5.41) is 0. The highest BCUT2D eigenvalue weighted by atomic mass is 32.2. The zero-order chi connectivity index (χ0) is 12.8. The summed E-state index contributed by atoms with van der Waals surface area (Å²) < 4.78 is 22.8. The molecule has 0 N–H and O–H groups in total. The number of rotatable bonds is 5. The van der Waals surface area contributed by atoms with E-state index >= 15 is 0 Å². The van der Waals surface area contributed by atoms with Gasteiger partial charge in [0.2, 0.25) is 0 Å². The molecule has 3 nitrogen and oxygen atoms in total. The third kappa shape index (κ3) is 3.51. The summed E-state index contributed by atoms with van der Waals surface area (Å²) in [6.45, 7) is 0. The minimum Gasteiger partial charge on any atom is -0.493 e. The van der Waals surface area contributed by atoms with Gasteiger partial charge in [0.15, 0.2) is 11.5 Å². The summed E-state index contributed by atoms with van der Waals surface area (Å²) in [5.74, 6) is 1.33. The maximum Gasteiger partial charge on any atom is 0.167 e. The third-order valence-electron chi connectivity index (χ3n) is 2.19. The lowest BCUT2D eigenvalue weighted by Gasteiger charge is -2.10. The molecule has 0 aliphatic carbocycles. The molecule has 1 rings (SSSR count). The molecule has 0 spiro atoms. The Morgan fingerprint density at radius 1 is 1.35 bits per heavy atom. The monoisotopic (exact) mass is 272 g/mol. The summed E-state index contributed by atoms with van der Waals surface area (Å²) in [6, 6.07) is 5.62. The second-order valence-corrected chi connectivity index (χ2v) is 5.66. The van der Waals surface area contributed by atoms with E-state index in [0.717, 1.165) is 9.80 Å². The van der Waals surface area contributed by atoms with Gasteiger partial charge in [0.25, 0.3) is 0 Å². The van der Waals surface area contributed by atoms with Crippen LogP contribution in [0.25, 0.3) is 6.08 Å². The van der Waals surface area contributed by atoms with Crippen LogP contribution < -0.4 is 9.47 Å². The predicted molar refractivity (Wildman–Crippen MR) is 75.1 cm³/mol. The van der Waals surface area contributed by atoms with Gasteiger partial charge in [-0.2, -0.15) is 0 Å². The van der Waals surface area contributed by atoms with Crippen molar-refractivity contribution in [3.05, 3.63) is 28.0 Å². The lowest BCUT2D eigenvalue weighted by molar-refractivity contribution is 0.354. The van der Waals surface area contributed by atoms with Crippen LogP contribution in [0.15, 0.2) is 22.4 Å². The average Bonchev–Trinajstić information content (AvgIpc) is 2.34. The molecular formula is C12H16O3S2. The van der Waals surface area contributed by atoms with E-state index in [-0.39, 0.29) is 0 Å². The van der Waals surface area contributed by atoms with Gasteiger partial charge >= 0.3 is 0 Å². The molecule has 0 heterocycles. The molecule has 0 saturated carbocycles. The number of hydrogen-bond donors (Lipinski definition) is 0. The van der Waals surface area contributed by atoms with Gasteiger partial charge in [-0.15, -0.1) is 11.8 Å². The first kappa shape index (κ1) is 14.1. The van der Waals surface area contributed by atoms with Crippen LogP contribution in [0.3, 0.4) is 0 Å². The van der Waals surface area contributed by atoms with Crippen molar-refractivity contribution < 1.29 is 13.7 Å². The van der Waals surface area contributed by atoms with Gasteiger partial charge in [0.05, 0.1) is 29.3 Å². The van der Waals surface area contributed by atoms with Gasteiger partial charge < -0.3 is 9.47 Å². The smallest absolute Gasteiger partial charge is 0.167 e. The minimum atomic E-state index is -0.995. The SMILES string of the molecule is COc1cccc(/C=C(\SC)S(C)=O)c1OC. The van der Waals surface area contributed by atoms with Crippen LogP contribution in [0.4, 0.5) is 0 Å². The highest BCUT2D eigenvalue weighted by molar-refractivity contribution is 8.16. The molecule has 1 unspecified atom stereocenters. The van der Waals surface area contributed by atoms with E-state index in [1.807, 2.05) is 30.5 Å². The van der Waals surface area contributed by atoms with Crippen molar-refractivity contribution in [3.63, 3.8) is 0 Å². The van der Waals surface area contributed by atoms with Gasteiger partial charge in [0.1, 0.15) is 0 Å². The Labute approximate surface area is 109 Å². The van der Waals surface area contributed by atoms with Crippen LogP contribution in [0.2, 0.25) is 0 Å². The summed E-state index contributed by atoms with van der Waals surface area (Å²) in [5.41, 5.74) is 0.867. The Bertz CT molecular complexity index is 441. The minimum absolute atomic E-state index is 0.659. The molecule has 0 aliphatic rings. The van der Waals surface area contributed by atoms with E-state index in [4.69, 9.17) is 9.47 Å². The first-order valence-corrected chi connectivity index (χ1v) is 7.72. The molecule has 0 aliphatic heterocycles. The standard InChI is InChI=1S/C12H16O3S2/c1-14-10-7-5-6-9(12(10)15-2)8-11(16-3)17(4)13/h5-8H,1-4H3/b11-8+. The maximum absolute atomic E-state index is 11.5. The zero-order valence-electron chi connectivity index (χ0n) is 10.4. The molecule has 1 aromatic rings. The van der Waals surface area contributed by atoms with Gasteiger partial charge in [-0.3, -0.25) is 4.21 Å². The van der Waals surface area contributed by atoms with Crippen molar-refractivity contribution in [2.45, 2.75) is 0 Å². The number of thioether (sulfide) groups is 1. The molecule has 1 aromatic carbocycles. The first-order chi connectivity index (χ1) is 8.13. The number of ether oxygens (including phenoxy) is 2. The topological polar surface area (TPSA) is 35.5 Å². The quantitative estimate of drug-likeness (QED) is 0.825. The molecule has 94 valence electrons. The Balaban J connectivity index is 3.26. The Kier molecular flexibility index (Phi) is 5.58. The molecule has 0 bridgehead atoms. The van der Waals surface area contributed by atoms with Crippen LogP contribution in [0.1, 0.15) is 5.56 Å². The van der Waals surface area contributed by atoms with Crippen molar-refractivity contribution in [1.29, 1.82) is 0 Å². The summed E-state index contributed by atoms with van der Waals surface area (Å²) in [6.07, 6.45) is 5.43. The van der Waals surface area contributed by atoms with Gasteiger partial charge in [-0.05, 0) is 18.4 Å². The van der Waals surface area contributed by atoms with Gasteiger partial charge in [0, 0.05) is 11.8 Å². The number of benzene rings is 1. The van der Waals surface area contributed by atoms with E-state index in [9.17, 15) is 4.21 Å². The third-order valence-corrected chi connectivity index (χ3v) is 4.60. The molecule has 0 saturated heterocycles. The van der Waals surface area contributed by atoms with Crippen molar-refractivity contribution in [2.75, 3.05) is 26.7 Å². The van der Waals surface area contributed by atoms with Gasteiger partial charge in [-0.25, -0.2) is 0 Å². The second-order valence-electron chi connectivity index (χ2n) is 3.20. The van der Waals surface area contributed by atoms with E-state index < -0.39 is 10.8 Å². The molecule has 0 amide bonds. The van der Waals surface area contributed by atoms with Crippen LogP contribution in [-0.2, 0) is 10.8 Å². The summed E-state index contributed by atoms with van der Waals surface area (Å²) in [7, 11) is 2.20. The lowest BCUT2D eigenvalue weighted by Crippen LogP contribution is -1.94. The fourth-order valence-corrected chi connectivity index (χ4v) is 2.89. The number of hydrogen-bond acceptors (Lipinski definition) is 4. The fourth-order valence-electron chi connectivity index (χ4n) is 1.41. The maximum atomic E-state index is 11.5. The average molecular weight is 272 g/mol. The highest BCUT2D eigenvalue weighted by Crippen LogP contribution is 2.33. The van der Waals surface area contributed by atoms with E-state index in [1.165, 1.54) is 11.8 Å². The Morgan fingerprint density at radius 3 is 2.53 bits per heavy atom. The molecule has 5 heteroatoms. The molecule has 0 fully saturated rings. The normalized spacial score (nSPS) is 13.3. The lowest BCUT2D eigenvalue weighted by atomic mass is 10.2. The Hall–Kier alpha value is -0.940. The first-order valence-electron chi connectivity index (χ1n) is 4.94. The molecular weight excluding hydrogens is 256 g/mol. The van der Waals surface area contributed by atoms with Crippen molar-refractivity contribution >= 4 is 28.6 Å². The number of para-hydroxylation sites is 1. The van der Waals surface area contributed by atoms with Crippen LogP contribution >= 0.6 is 11.8 Å². The molecule has 17 heavy (non-hydrogen) atoms. The molecule has 0 aromatic heterocycles. The largest absolute Gasteiger partial charge is 0.493 e. The van der Waals surface area contributed by atoms with E-state index in [2.05, 4.69) is 0 Å². The van der Waals surface area contributed by atoms with E-state index in [1.54, 1.807) is 20.5 Å². The fraction of sp³-hybridized carbons (Fsp3) is 0.333. The van der Waals surface area contributed by atoms with Crippen LogP contribution in [0, 0.1) is 0 Å². The summed E-state index contributed by atoms with van der Waals surface area (Å²) in [4.78, 5) is 0. The van der Waals surface area contributed by atoms with Crippen molar-refractivity contribution in [2.24, 2.45) is 0 Å². The molecule has 0 radical (unpaired) electrons. The van der Waals surface area contributed by atoms with Crippen molar-refractivity contribution in [3.8, 4) is 11.5 Å². The number of methoxy groups -OCH3 is 2. The Morgan fingerprint density at radius 2 is 2.06 bits per heavy atom.